The van der Waals surface area contributed by atoms with Gasteiger partial charge in [-0.05, 0) is 30.0 Å². The van der Waals surface area contributed by atoms with Crippen molar-refractivity contribution in [3.05, 3.63) is 23.8 Å². The summed E-state index contributed by atoms with van der Waals surface area (Å²) in [5.74, 6) is 1.28. The van der Waals surface area contributed by atoms with Gasteiger partial charge in [0.2, 0.25) is 0 Å². The van der Waals surface area contributed by atoms with E-state index in [9.17, 15) is 4.79 Å². The maximum Gasteiger partial charge on any atom is 0.310 e. The molecular weight excluding hydrogens is 300 g/mol. The third-order valence-corrected chi connectivity index (χ3v) is 4.03. The summed E-state index contributed by atoms with van der Waals surface area (Å²) < 4.78 is 11.4. The summed E-state index contributed by atoms with van der Waals surface area (Å²) in [5.41, 5.74) is 1.01. The Morgan fingerprint density at radius 2 is 1.67 bits per heavy atom. The molecule has 0 unspecified atom stereocenters. The van der Waals surface area contributed by atoms with Gasteiger partial charge in [-0.15, -0.1) is 0 Å². The van der Waals surface area contributed by atoms with E-state index in [0.717, 1.165) is 24.3 Å². The first kappa shape index (κ1) is 20.5. The first-order valence-electron chi connectivity index (χ1n) is 9.36. The van der Waals surface area contributed by atoms with Crippen molar-refractivity contribution in [3.8, 4) is 11.5 Å². The number of esters is 1. The van der Waals surface area contributed by atoms with Gasteiger partial charge in [0.15, 0.2) is 0 Å². The minimum atomic E-state index is -0.212. The molecule has 0 aliphatic rings. The lowest BCUT2D eigenvalue weighted by Crippen LogP contribution is -2.15. The van der Waals surface area contributed by atoms with E-state index in [4.69, 9.17) is 9.47 Å². The zero-order chi connectivity index (χ0) is 18.0. The summed E-state index contributed by atoms with van der Waals surface area (Å²) in [7, 11) is 0. The molecule has 3 heteroatoms. The molecule has 24 heavy (non-hydrogen) atoms. The molecule has 0 aromatic heterocycles. The summed E-state index contributed by atoms with van der Waals surface area (Å²) in [6, 6.07) is 5.68. The Balaban J connectivity index is 2.64. The molecule has 0 aliphatic heterocycles. The average molecular weight is 335 g/mol. The van der Waals surface area contributed by atoms with E-state index >= 15 is 0 Å². The Labute approximate surface area is 147 Å². The van der Waals surface area contributed by atoms with E-state index in [1.54, 1.807) is 6.92 Å². The zero-order valence-electron chi connectivity index (χ0n) is 16.1. The molecule has 1 aromatic carbocycles. The Morgan fingerprint density at radius 3 is 2.29 bits per heavy atom. The normalized spacial score (nSPS) is 11.4. The molecule has 0 saturated heterocycles. The van der Waals surface area contributed by atoms with E-state index in [0.29, 0.717) is 12.2 Å². The number of unbranched alkanes of at least 4 members (excludes halogenated alkanes) is 5. The van der Waals surface area contributed by atoms with Crippen LogP contribution in [-0.4, -0.2) is 12.6 Å². The van der Waals surface area contributed by atoms with Crippen LogP contribution in [0.2, 0.25) is 0 Å². The number of hydrogen-bond acceptors (Lipinski definition) is 3. The van der Waals surface area contributed by atoms with Crippen molar-refractivity contribution in [3.63, 3.8) is 0 Å². The highest BCUT2D eigenvalue weighted by Gasteiger charge is 2.20. The first-order chi connectivity index (χ1) is 11.4. The fraction of sp³-hybridized carbons (Fsp3) is 0.667. The summed E-state index contributed by atoms with van der Waals surface area (Å²) in [5, 5.41) is 0. The predicted molar refractivity (Wildman–Crippen MR) is 99.9 cm³/mol. The van der Waals surface area contributed by atoms with Crippen molar-refractivity contribution in [1.29, 1.82) is 0 Å². The molecule has 1 rings (SSSR count). The summed E-state index contributed by atoms with van der Waals surface area (Å²) in [6.07, 6.45) is 7.89. The number of carbonyl (C=O) groups is 1. The lowest BCUT2D eigenvalue weighted by Gasteiger charge is -2.23. The summed E-state index contributed by atoms with van der Waals surface area (Å²) in [4.78, 5) is 11.5. The maximum atomic E-state index is 11.5. The predicted octanol–water partition coefficient (Wildman–Crippen LogP) is 6.04. The Hall–Kier alpha value is -1.51. The van der Waals surface area contributed by atoms with Crippen LogP contribution >= 0.6 is 0 Å². The van der Waals surface area contributed by atoms with Crippen molar-refractivity contribution < 1.29 is 14.3 Å². The quantitative estimate of drug-likeness (QED) is 0.297. The number of benzene rings is 1. The molecule has 0 saturated carbocycles. The Morgan fingerprint density at radius 1 is 1.00 bits per heavy atom. The minimum absolute atomic E-state index is 0.0644. The largest absolute Gasteiger partial charge is 0.493 e. The Bertz CT molecular complexity index is 500. The second-order valence-corrected chi connectivity index (χ2v) is 7.35. The van der Waals surface area contributed by atoms with Crippen molar-refractivity contribution in [2.75, 3.05) is 6.61 Å². The molecule has 0 atom stereocenters. The van der Waals surface area contributed by atoms with Gasteiger partial charge in [-0.25, -0.2) is 0 Å². The first-order valence-corrected chi connectivity index (χ1v) is 9.36. The van der Waals surface area contributed by atoms with Crippen LogP contribution in [0.1, 0.15) is 85.1 Å². The van der Waals surface area contributed by atoms with Gasteiger partial charge in [0.25, 0.3) is 0 Å². The van der Waals surface area contributed by atoms with Crippen LogP contribution in [0.3, 0.4) is 0 Å². The highest BCUT2D eigenvalue weighted by molar-refractivity contribution is 5.72. The van der Waals surface area contributed by atoms with Gasteiger partial charge in [-0.3, -0.25) is 4.79 Å². The molecule has 3 nitrogen and oxygen atoms in total. The van der Waals surface area contributed by atoms with Crippen LogP contribution in [0.25, 0.3) is 0 Å². The lowest BCUT2D eigenvalue weighted by atomic mass is 9.86. The minimum Gasteiger partial charge on any atom is -0.493 e. The third kappa shape index (κ3) is 7.37. The average Bonchev–Trinajstić information content (AvgIpc) is 2.54. The summed E-state index contributed by atoms with van der Waals surface area (Å²) in [6.45, 7) is 11.2. The highest BCUT2D eigenvalue weighted by Crippen LogP contribution is 2.34. The fourth-order valence-electron chi connectivity index (χ4n) is 2.55. The molecule has 0 heterocycles. The van der Waals surface area contributed by atoms with Crippen molar-refractivity contribution in [1.82, 2.24) is 0 Å². The molecule has 0 fully saturated rings. The van der Waals surface area contributed by atoms with E-state index in [2.05, 4.69) is 27.7 Å². The van der Waals surface area contributed by atoms with Gasteiger partial charge >= 0.3 is 5.97 Å². The molecular formula is C21H34O3. The number of hydrogen-bond donors (Lipinski definition) is 0. The molecule has 0 aliphatic carbocycles. The van der Waals surface area contributed by atoms with Gasteiger partial charge in [-0.2, -0.15) is 0 Å². The van der Waals surface area contributed by atoms with Crippen LogP contribution in [0, 0.1) is 0 Å². The molecule has 0 bridgehead atoms. The van der Waals surface area contributed by atoms with Crippen molar-refractivity contribution in [2.45, 2.75) is 85.0 Å². The van der Waals surface area contributed by atoms with E-state index in [1.807, 2.05) is 18.2 Å². The van der Waals surface area contributed by atoms with E-state index in [-0.39, 0.29) is 11.4 Å². The molecule has 1 aromatic rings. The number of ether oxygens (including phenoxy) is 2. The van der Waals surface area contributed by atoms with Crippen molar-refractivity contribution in [2.24, 2.45) is 0 Å². The second-order valence-electron chi connectivity index (χ2n) is 7.35. The standard InChI is InChI=1S/C21H34O3/c1-6-8-9-10-11-12-15-23-19-14-13-17(24-20(22)7-2)16-18(19)21(3,4)5/h13-14,16H,6-12,15H2,1-5H3. The van der Waals surface area contributed by atoms with E-state index < -0.39 is 0 Å². The van der Waals surface area contributed by atoms with Gasteiger partial charge in [0.05, 0.1) is 6.61 Å². The number of rotatable bonds is 10. The second kappa shape index (κ2) is 10.4. The van der Waals surface area contributed by atoms with Gasteiger partial charge in [0.1, 0.15) is 11.5 Å². The van der Waals surface area contributed by atoms with E-state index in [1.165, 1.54) is 32.1 Å². The van der Waals surface area contributed by atoms with Crippen molar-refractivity contribution >= 4 is 5.97 Å². The summed E-state index contributed by atoms with van der Waals surface area (Å²) >= 11 is 0. The maximum absolute atomic E-state index is 11.5. The SMILES string of the molecule is CCCCCCCCOc1ccc(OC(=O)CC)cc1C(C)(C)C. The number of carbonyl (C=O) groups excluding carboxylic acids is 1. The third-order valence-electron chi connectivity index (χ3n) is 4.03. The fourth-order valence-corrected chi connectivity index (χ4v) is 2.55. The monoisotopic (exact) mass is 334 g/mol. The molecule has 0 radical (unpaired) electrons. The van der Waals surface area contributed by atoms with Gasteiger partial charge < -0.3 is 9.47 Å². The highest BCUT2D eigenvalue weighted by atomic mass is 16.5. The van der Waals surface area contributed by atoms with Crippen LogP contribution in [-0.2, 0) is 10.2 Å². The van der Waals surface area contributed by atoms with Gasteiger partial charge in [0, 0.05) is 12.0 Å². The van der Waals surface area contributed by atoms with Crippen LogP contribution in [0.4, 0.5) is 0 Å². The zero-order valence-corrected chi connectivity index (χ0v) is 16.1. The Kier molecular flexibility index (Phi) is 8.88. The van der Waals surface area contributed by atoms with Gasteiger partial charge in [-0.1, -0.05) is 66.7 Å². The van der Waals surface area contributed by atoms with Crippen LogP contribution in [0.5, 0.6) is 11.5 Å². The lowest BCUT2D eigenvalue weighted by molar-refractivity contribution is -0.134. The van der Waals surface area contributed by atoms with Crippen LogP contribution < -0.4 is 9.47 Å². The van der Waals surface area contributed by atoms with Crippen LogP contribution in [0.15, 0.2) is 18.2 Å². The molecule has 0 N–H and O–H groups in total. The molecule has 136 valence electrons. The molecule has 0 amide bonds. The topological polar surface area (TPSA) is 35.5 Å². The smallest absolute Gasteiger partial charge is 0.310 e. The molecule has 0 spiro atoms.